The maximum Gasteiger partial charge on any atom is 0.292 e. The van der Waals surface area contributed by atoms with Gasteiger partial charge in [0.15, 0.2) is 5.76 Å². The summed E-state index contributed by atoms with van der Waals surface area (Å²) in [6.07, 6.45) is 5.17. The SMILES string of the molecule is Nc1ncc(-c2cnn(-c3ccccc3)c2)o1. The molecule has 0 radical (unpaired) electrons. The van der Waals surface area contributed by atoms with Crippen molar-refractivity contribution in [3.63, 3.8) is 0 Å². The van der Waals surface area contributed by atoms with Crippen molar-refractivity contribution >= 4 is 6.01 Å². The lowest BCUT2D eigenvalue weighted by Crippen LogP contribution is -1.92. The lowest BCUT2D eigenvalue weighted by atomic mass is 10.3. The van der Waals surface area contributed by atoms with E-state index in [-0.39, 0.29) is 6.01 Å². The fourth-order valence-electron chi connectivity index (χ4n) is 1.59. The van der Waals surface area contributed by atoms with Gasteiger partial charge in [0.05, 0.1) is 23.6 Å². The Morgan fingerprint density at radius 1 is 1.12 bits per heavy atom. The van der Waals surface area contributed by atoms with Crippen LogP contribution < -0.4 is 5.73 Å². The molecule has 2 N–H and O–H groups in total. The van der Waals surface area contributed by atoms with Crippen LogP contribution in [-0.2, 0) is 0 Å². The number of hydrogen-bond donors (Lipinski definition) is 1. The van der Waals surface area contributed by atoms with E-state index in [1.165, 1.54) is 0 Å². The normalized spacial score (nSPS) is 10.6. The largest absolute Gasteiger partial charge is 0.424 e. The summed E-state index contributed by atoms with van der Waals surface area (Å²) in [7, 11) is 0. The molecule has 3 aromatic rings. The van der Waals surface area contributed by atoms with E-state index in [9.17, 15) is 0 Å². The van der Waals surface area contributed by atoms with Gasteiger partial charge >= 0.3 is 0 Å². The van der Waals surface area contributed by atoms with Gasteiger partial charge in [0.2, 0.25) is 0 Å². The predicted octanol–water partition coefficient (Wildman–Crippen LogP) is 2.11. The molecule has 2 heterocycles. The predicted molar refractivity (Wildman–Crippen MR) is 63.5 cm³/mol. The van der Waals surface area contributed by atoms with Gasteiger partial charge in [-0.2, -0.15) is 5.10 Å². The van der Waals surface area contributed by atoms with Crippen molar-refractivity contribution in [2.24, 2.45) is 0 Å². The Labute approximate surface area is 97.5 Å². The molecule has 0 fully saturated rings. The number of nitrogens with two attached hydrogens (primary N) is 1. The maximum absolute atomic E-state index is 5.43. The van der Waals surface area contributed by atoms with Gasteiger partial charge in [0.1, 0.15) is 0 Å². The second-order valence-corrected chi connectivity index (χ2v) is 3.57. The van der Waals surface area contributed by atoms with Crippen molar-refractivity contribution in [3.8, 4) is 17.0 Å². The topological polar surface area (TPSA) is 69.9 Å². The van der Waals surface area contributed by atoms with Crippen molar-refractivity contribution in [1.82, 2.24) is 14.8 Å². The summed E-state index contributed by atoms with van der Waals surface area (Å²) in [5.74, 6) is 0.615. The molecule has 3 rings (SSSR count). The van der Waals surface area contributed by atoms with Crippen molar-refractivity contribution in [1.29, 1.82) is 0 Å². The van der Waals surface area contributed by atoms with Gasteiger partial charge < -0.3 is 10.2 Å². The zero-order chi connectivity index (χ0) is 11.7. The standard InChI is InChI=1S/C12H10N4O/c13-12-14-7-11(17-12)9-6-15-16(8-9)10-4-2-1-3-5-10/h1-8H,(H2,13,14). The zero-order valence-corrected chi connectivity index (χ0v) is 8.95. The summed E-state index contributed by atoms with van der Waals surface area (Å²) in [4.78, 5) is 3.85. The minimum absolute atomic E-state index is 0.160. The van der Waals surface area contributed by atoms with E-state index in [0.717, 1.165) is 11.3 Å². The van der Waals surface area contributed by atoms with E-state index in [2.05, 4.69) is 10.1 Å². The fourth-order valence-corrected chi connectivity index (χ4v) is 1.59. The highest BCUT2D eigenvalue weighted by molar-refractivity contribution is 5.55. The van der Waals surface area contributed by atoms with Crippen LogP contribution in [0, 0.1) is 0 Å². The van der Waals surface area contributed by atoms with Gasteiger partial charge in [-0.3, -0.25) is 0 Å². The average Bonchev–Trinajstić information content (AvgIpc) is 2.98. The van der Waals surface area contributed by atoms with Crippen molar-refractivity contribution in [2.45, 2.75) is 0 Å². The number of rotatable bonds is 2. The third-order valence-electron chi connectivity index (χ3n) is 2.41. The number of hydrogen-bond acceptors (Lipinski definition) is 4. The molecule has 0 unspecified atom stereocenters. The molecule has 17 heavy (non-hydrogen) atoms. The van der Waals surface area contributed by atoms with E-state index < -0.39 is 0 Å². The quantitative estimate of drug-likeness (QED) is 0.726. The molecule has 84 valence electrons. The zero-order valence-electron chi connectivity index (χ0n) is 8.95. The molecule has 0 saturated carbocycles. The molecule has 0 aliphatic carbocycles. The Morgan fingerprint density at radius 2 is 1.94 bits per heavy atom. The molecule has 0 bridgehead atoms. The Balaban J connectivity index is 1.99. The van der Waals surface area contributed by atoms with Gasteiger partial charge in [-0.1, -0.05) is 18.2 Å². The molecule has 0 amide bonds. The van der Waals surface area contributed by atoms with Gasteiger partial charge in [0.25, 0.3) is 6.01 Å². The number of anilines is 1. The second kappa shape index (κ2) is 3.79. The van der Waals surface area contributed by atoms with Gasteiger partial charge in [-0.15, -0.1) is 0 Å². The summed E-state index contributed by atoms with van der Waals surface area (Å²) >= 11 is 0. The van der Waals surface area contributed by atoms with Crippen molar-refractivity contribution in [2.75, 3.05) is 5.73 Å². The van der Waals surface area contributed by atoms with E-state index >= 15 is 0 Å². The Bertz CT molecular complexity index is 627. The van der Waals surface area contributed by atoms with Crippen LogP contribution in [0.15, 0.2) is 53.3 Å². The highest BCUT2D eigenvalue weighted by Gasteiger charge is 2.07. The lowest BCUT2D eigenvalue weighted by molar-refractivity contribution is 0.595. The number of nitrogens with zero attached hydrogens (tertiary/aromatic N) is 3. The molecule has 2 aromatic heterocycles. The van der Waals surface area contributed by atoms with E-state index in [0.29, 0.717) is 5.76 Å². The van der Waals surface area contributed by atoms with Crippen LogP contribution in [-0.4, -0.2) is 14.8 Å². The summed E-state index contributed by atoms with van der Waals surface area (Å²) in [6.45, 7) is 0. The van der Waals surface area contributed by atoms with E-state index in [1.807, 2.05) is 36.5 Å². The smallest absolute Gasteiger partial charge is 0.292 e. The van der Waals surface area contributed by atoms with Crippen LogP contribution in [0.1, 0.15) is 0 Å². The second-order valence-electron chi connectivity index (χ2n) is 3.57. The summed E-state index contributed by atoms with van der Waals surface area (Å²) in [6, 6.07) is 10.0. The number of benzene rings is 1. The average molecular weight is 226 g/mol. The van der Waals surface area contributed by atoms with Gasteiger partial charge in [0, 0.05) is 6.20 Å². The number of para-hydroxylation sites is 1. The van der Waals surface area contributed by atoms with E-state index in [1.54, 1.807) is 17.1 Å². The van der Waals surface area contributed by atoms with Crippen LogP contribution in [0.2, 0.25) is 0 Å². The lowest BCUT2D eigenvalue weighted by Gasteiger charge is -1.98. The monoisotopic (exact) mass is 226 g/mol. The highest BCUT2D eigenvalue weighted by atomic mass is 16.4. The Kier molecular flexibility index (Phi) is 2.15. The molecular formula is C12H10N4O. The van der Waals surface area contributed by atoms with Crippen LogP contribution in [0.4, 0.5) is 6.01 Å². The first kappa shape index (κ1) is 9.65. The van der Waals surface area contributed by atoms with Gasteiger partial charge in [-0.05, 0) is 12.1 Å². The molecule has 0 spiro atoms. The summed E-state index contributed by atoms with van der Waals surface area (Å²) in [5.41, 5.74) is 7.27. The first-order valence-corrected chi connectivity index (χ1v) is 5.15. The first-order valence-electron chi connectivity index (χ1n) is 5.15. The molecule has 5 heteroatoms. The van der Waals surface area contributed by atoms with Crippen LogP contribution in [0.3, 0.4) is 0 Å². The summed E-state index contributed by atoms with van der Waals surface area (Å²) < 4.78 is 7.00. The molecule has 5 nitrogen and oxygen atoms in total. The Morgan fingerprint density at radius 3 is 2.65 bits per heavy atom. The highest BCUT2D eigenvalue weighted by Crippen LogP contribution is 2.21. The molecule has 0 aliphatic heterocycles. The number of oxazole rings is 1. The maximum atomic E-state index is 5.43. The summed E-state index contributed by atoms with van der Waals surface area (Å²) in [5, 5.41) is 4.26. The molecule has 0 aliphatic rings. The molecule has 0 atom stereocenters. The van der Waals surface area contributed by atoms with Crippen molar-refractivity contribution in [3.05, 3.63) is 48.9 Å². The van der Waals surface area contributed by atoms with Crippen LogP contribution in [0.5, 0.6) is 0 Å². The molecular weight excluding hydrogens is 216 g/mol. The minimum atomic E-state index is 0.160. The molecule has 1 aromatic carbocycles. The van der Waals surface area contributed by atoms with Gasteiger partial charge in [-0.25, -0.2) is 9.67 Å². The van der Waals surface area contributed by atoms with Crippen molar-refractivity contribution < 1.29 is 4.42 Å². The molecule has 0 saturated heterocycles. The van der Waals surface area contributed by atoms with E-state index in [4.69, 9.17) is 10.2 Å². The van der Waals surface area contributed by atoms with Crippen LogP contribution in [0.25, 0.3) is 17.0 Å². The third-order valence-corrected chi connectivity index (χ3v) is 2.41. The first-order chi connectivity index (χ1) is 8.33. The third kappa shape index (κ3) is 1.78. The fraction of sp³-hybridized carbons (Fsp3) is 0. The Hall–Kier alpha value is -2.56. The number of aromatic nitrogens is 3. The number of nitrogen functional groups attached to an aromatic ring is 1. The minimum Gasteiger partial charge on any atom is -0.424 e. The van der Waals surface area contributed by atoms with Crippen LogP contribution >= 0.6 is 0 Å².